The van der Waals surface area contributed by atoms with Crippen LogP contribution in [0, 0.1) is 37.5 Å². The van der Waals surface area contributed by atoms with Gasteiger partial charge in [0.1, 0.15) is 11.3 Å². The van der Waals surface area contributed by atoms with Crippen molar-refractivity contribution in [2.24, 2.45) is 23.7 Å². The second kappa shape index (κ2) is 13.0. The molecule has 8 heteroatoms. The van der Waals surface area contributed by atoms with Crippen molar-refractivity contribution in [3.63, 3.8) is 0 Å². The van der Waals surface area contributed by atoms with Crippen molar-refractivity contribution < 1.29 is 8.42 Å². The van der Waals surface area contributed by atoms with Gasteiger partial charge in [0, 0.05) is 30.2 Å². The van der Waals surface area contributed by atoms with Crippen molar-refractivity contribution in [2.45, 2.75) is 131 Å². The summed E-state index contributed by atoms with van der Waals surface area (Å²) < 4.78 is 31.7. The van der Waals surface area contributed by atoms with Gasteiger partial charge in [-0.25, -0.2) is 23.1 Å². The normalized spacial score (nSPS) is 22.8. The number of aromatic nitrogens is 3. The molecule has 2 aromatic heterocycles. The van der Waals surface area contributed by atoms with Gasteiger partial charge < -0.3 is 9.88 Å². The van der Waals surface area contributed by atoms with E-state index in [2.05, 4.69) is 55.3 Å². The van der Waals surface area contributed by atoms with Crippen molar-refractivity contribution in [1.29, 1.82) is 0 Å². The summed E-state index contributed by atoms with van der Waals surface area (Å²) in [4.78, 5) is 9.84. The first-order valence-corrected chi connectivity index (χ1v) is 16.8. The molecule has 1 saturated heterocycles. The SMILES string of the molecule is CCc1nc2c(C)cc(C)nc2n1CC1CCC(C(CC)CCC(C(C)C)S(=O)(=O)NC(C)(C)C)C(C)NC1. The second-order valence-corrected chi connectivity index (χ2v) is 15.4. The van der Waals surface area contributed by atoms with Gasteiger partial charge >= 0.3 is 0 Å². The predicted molar refractivity (Wildman–Crippen MR) is 164 cm³/mol. The van der Waals surface area contributed by atoms with E-state index in [0.717, 1.165) is 67.9 Å². The van der Waals surface area contributed by atoms with Crippen LogP contribution in [0.25, 0.3) is 11.2 Å². The van der Waals surface area contributed by atoms with E-state index in [1.165, 1.54) is 5.56 Å². The van der Waals surface area contributed by atoms with E-state index in [-0.39, 0.29) is 11.2 Å². The molecule has 2 aromatic rings. The maximum absolute atomic E-state index is 13.2. The van der Waals surface area contributed by atoms with Gasteiger partial charge in [-0.05, 0) is 109 Å². The van der Waals surface area contributed by atoms with Crippen LogP contribution in [0.15, 0.2) is 6.07 Å². The number of fused-ring (bicyclic) bond motifs is 1. The first-order chi connectivity index (χ1) is 18.2. The Morgan fingerprint density at radius 2 is 1.82 bits per heavy atom. The third-order valence-electron chi connectivity index (χ3n) is 8.68. The van der Waals surface area contributed by atoms with Gasteiger partial charge in [0.05, 0.1) is 5.25 Å². The van der Waals surface area contributed by atoms with E-state index in [0.29, 0.717) is 30.2 Å². The van der Waals surface area contributed by atoms with Gasteiger partial charge in [-0.2, -0.15) is 0 Å². The van der Waals surface area contributed by atoms with Crippen LogP contribution in [-0.2, 0) is 23.0 Å². The van der Waals surface area contributed by atoms with Gasteiger partial charge in [0.2, 0.25) is 10.0 Å². The van der Waals surface area contributed by atoms with E-state index >= 15 is 0 Å². The minimum absolute atomic E-state index is 0.0788. The highest BCUT2D eigenvalue weighted by Gasteiger charge is 2.35. The molecule has 222 valence electrons. The molecule has 3 heterocycles. The molecule has 39 heavy (non-hydrogen) atoms. The average molecular weight is 562 g/mol. The lowest BCUT2D eigenvalue weighted by Gasteiger charge is -2.33. The zero-order valence-electron chi connectivity index (χ0n) is 26.3. The van der Waals surface area contributed by atoms with E-state index in [1.807, 2.05) is 34.6 Å². The fourth-order valence-electron chi connectivity index (χ4n) is 6.70. The predicted octanol–water partition coefficient (Wildman–Crippen LogP) is 6.16. The monoisotopic (exact) mass is 561 g/mol. The van der Waals surface area contributed by atoms with Crippen LogP contribution in [-0.4, -0.2) is 46.3 Å². The first kappa shape index (κ1) is 32.0. The van der Waals surface area contributed by atoms with E-state index in [1.54, 1.807) is 0 Å². The molecule has 0 amide bonds. The molecule has 5 atom stereocenters. The molecular weight excluding hydrogens is 506 g/mol. The number of hydrogen-bond acceptors (Lipinski definition) is 5. The maximum Gasteiger partial charge on any atom is 0.215 e. The summed E-state index contributed by atoms with van der Waals surface area (Å²) in [6.45, 7) is 22.7. The summed E-state index contributed by atoms with van der Waals surface area (Å²) in [6.07, 6.45) is 5.95. The Kier molecular flexibility index (Phi) is 10.7. The topological polar surface area (TPSA) is 88.9 Å². The Hall–Kier alpha value is -1.51. The Balaban J connectivity index is 1.72. The number of rotatable bonds is 11. The number of imidazole rings is 1. The molecule has 2 N–H and O–H groups in total. The van der Waals surface area contributed by atoms with Crippen LogP contribution in [0.3, 0.4) is 0 Å². The van der Waals surface area contributed by atoms with Gasteiger partial charge in [0.15, 0.2) is 5.65 Å². The Bertz CT molecular complexity index is 1200. The summed E-state index contributed by atoms with van der Waals surface area (Å²) in [6, 6.07) is 2.53. The number of hydrogen-bond donors (Lipinski definition) is 2. The average Bonchev–Trinajstić information content (AvgIpc) is 3.05. The van der Waals surface area contributed by atoms with Gasteiger partial charge in [0.25, 0.3) is 0 Å². The van der Waals surface area contributed by atoms with E-state index in [9.17, 15) is 8.42 Å². The second-order valence-electron chi connectivity index (χ2n) is 13.5. The summed E-state index contributed by atoms with van der Waals surface area (Å²) in [7, 11) is -3.38. The molecule has 7 nitrogen and oxygen atoms in total. The lowest BCUT2D eigenvalue weighted by atomic mass is 9.78. The number of aryl methyl sites for hydroxylation is 3. The summed E-state index contributed by atoms with van der Waals surface area (Å²) >= 11 is 0. The highest BCUT2D eigenvalue weighted by molar-refractivity contribution is 7.90. The van der Waals surface area contributed by atoms with Crippen molar-refractivity contribution in [3.05, 3.63) is 23.1 Å². The zero-order chi connectivity index (χ0) is 29.1. The standard InChI is InChI=1S/C31H55N5O2S/c1-11-25(14-16-27(20(3)4)39(37,38)35-31(8,9)10)26-15-13-24(18-32-23(26)7)19-36-28(12-2)34-29-21(5)17-22(6)33-30(29)36/h17,20,23-27,32,35H,11-16,18-19H2,1-10H3. The Morgan fingerprint density at radius 3 is 2.41 bits per heavy atom. The molecule has 0 spiro atoms. The fourth-order valence-corrected chi connectivity index (χ4v) is 8.87. The summed E-state index contributed by atoms with van der Waals surface area (Å²) in [5.41, 5.74) is 3.84. The maximum atomic E-state index is 13.2. The highest BCUT2D eigenvalue weighted by atomic mass is 32.2. The molecule has 5 unspecified atom stereocenters. The molecule has 1 aliphatic heterocycles. The molecule has 0 radical (unpaired) electrons. The van der Waals surface area contributed by atoms with E-state index < -0.39 is 15.6 Å². The number of pyridine rings is 1. The largest absolute Gasteiger partial charge is 0.314 e. The highest BCUT2D eigenvalue weighted by Crippen LogP contribution is 2.34. The molecule has 0 aromatic carbocycles. The third-order valence-corrected chi connectivity index (χ3v) is 11.2. The molecule has 1 aliphatic rings. The number of sulfonamides is 1. The summed E-state index contributed by atoms with van der Waals surface area (Å²) in [5.74, 6) is 2.76. The minimum atomic E-state index is -3.38. The number of nitrogens with zero attached hydrogens (tertiary/aromatic N) is 3. The van der Waals surface area contributed by atoms with Crippen LogP contribution in [0.1, 0.15) is 105 Å². The summed E-state index contributed by atoms with van der Waals surface area (Å²) in [5, 5.41) is 3.50. The lowest BCUT2D eigenvalue weighted by Crippen LogP contribution is -2.47. The van der Waals surface area contributed by atoms with E-state index in [4.69, 9.17) is 9.97 Å². The smallest absolute Gasteiger partial charge is 0.215 e. The molecule has 1 fully saturated rings. The van der Waals surface area contributed by atoms with Crippen molar-refractivity contribution >= 4 is 21.2 Å². The van der Waals surface area contributed by atoms with Crippen LogP contribution < -0.4 is 10.0 Å². The number of nitrogens with one attached hydrogen (secondary N) is 2. The molecule has 3 rings (SSSR count). The quantitative estimate of drug-likeness (QED) is 0.343. The lowest BCUT2D eigenvalue weighted by molar-refractivity contribution is 0.230. The molecule has 0 saturated carbocycles. The first-order valence-electron chi connectivity index (χ1n) is 15.3. The van der Waals surface area contributed by atoms with Crippen molar-refractivity contribution in [2.75, 3.05) is 6.54 Å². The molecule has 0 aliphatic carbocycles. The van der Waals surface area contributed by atoms with Gasteiger partial charge in [-0.15, -0.1) is 0 Å². The third kappa shape index (κ3) is 8.04. The van der Waals surface area contributed by atoms with Gasteiger partial charge in [-0.3, -0.25) is 0 Å². The Labute approximate surface area is 238 Å². The van der Waals surface area contributed by atoms with Crippen molar-refractivity contribution in [3.8, 4) is 0 Å². The van der Waals surface area contributed by atoms with Crippen molar-refractivity contribution in [1.82, 2.24) is 24.6 Å². The zero-order valence-corrected chi connectivity index (χ0v) is 27.1. The Morgan fingerprint density at radius 1 is 1.13 bits per heavy atom. The molecular formula is C31H55N5O2S. The van der Waals surface area contributed by atoms with Crippen LogP contribution in [0.4, 0.5) is 0 Å². The van der Waals surface area contributed by atoms with Crippen LogP contribution >= 0.6 is 0 Å². The van der Waals surface area contributed by atoms with Crippen LogP contribution in [0.5, 0.6) is 0 Å². The molecule has 0 bridgehead atoms. The fraction of sp³-hybridized carbons (Fsp3) is 0.806. The minimum Gasteiger partial charge on any atom is -0.314 e. The van der Waals surface area contributed by atoms with Crippen LogP contribution in [0.2, 0.25) is 0 Å². The van der Waals surface area contributed by atoms with Gasteiger partial charge in [-0.1, -0.05) is 34.1 Å².